The van der Waals surface area contributed by atoms with Crippen LogP contribution in [0.5, 0.6) is 0 Å². The molecule has 1 aliphatic rings. The summed E-state index contributed by atoms with van der Waals surface area (Å²) in [6.07, 6.45) is 0. The summed E-state index contributed by atoms with van der Waals surface area (Å²) < 4.78 is 6.37. The third-order valence-corrected chi connectivity index (χ3v) is 6.46. The first-order valence-electron chi connectivity index (χ1n) is 8.70. The molecule has 4 nitrogen and oxygen atoms in total. The second-order valence-corrected chi connectivity index (χ2v) is 8.57. The fourth-order valence-corrected chi connectivity index (χ4v) is 4.81. The van der Waals surface area contributed by atoms with Gasteiger partial charge in [-0.25, -0.2) is 4.79 Å². The number of carbonyl (C=O) groups is 2. The molecule has 0 bridgehead atoms. The number of rotatable bonds is 6. The van der Waals surface area contributed by atoms with Gasteiger partial charge in [-0.15, -0.1) is 0 Å². The van der Waals surface area contributed by atoms with Crippen LogP contribution in [0.3, 0.4) is 0 Å². The van der Waals surface area contributed by atoms with Crippen molar-refractivity contribution < 1.29 is 14.3 Å². The van der Waals surface area contributed by atoms with Gasteiger partial charge >= 0.3 is 5.97 Å². The van der Waals surface area contributed by atoms with Gasteiger partial charge < -0.3 is 4.74 Å². The molecule has 0 saturated carbocycles. The number of nitrogens with zero attached hydrogens (tertiary/aromatic N) is 1. The Bertz CT molecular complexity index is 893. The lowest BCUT2D eigenvalue weighted by atomic mass is 10.0. The van der Waals surface area contributed by atoms with Gasteiger partial charge in [-0.2, -0.15) is 0 Å². The summed E-state index contributed by atoms with van der Waals surface area (Å²) in [7, 11) is 0. The third-order valence-electron chi connectivity index (χ3n) is 4.16. The summed E-state index contributed by atoms with van der Waals surface area (Å²) in [5, 5.41) is 0. The molecule has 0 spiro atoms. The fraction of sp³-hybridized carbons (Fsp3) is 0.286. The van der Waals surface area contributed by atoms with Crippen molar-refractivity contribution in [1.29, 1.82) is 0 Å². The predicted octanol–water partition coefficient (Wildman–Crippen LogP) is 4.68. The van der Waals surface area contributed by atoms with Crippen LogP contribution in [0.1, 0.15) is 37.4 Å². The SMILES string of the molecule is Cc1ccc(C(=O)COC(=O)c2ccccc2CSC2=NCCS2)c(C)c1. The van der Waals surface area contributed by atoms with E-state index in [1.807, 2.05) is 38.1 Å². The van der Waals surface area contributed by atoms with E-state index in [0.717, 1.165) is 33.4 Å². The number of benzene rings is 2. The Labute approximate surface area is 167 Å². The Morgan fingerprint density at radius 1 is 1.15 bits per heavy atom. The van der Waals surface area contributed by atoms with E-state index in [1.54, 1.807) is 41.7 Å². The predicted molar refractivity (Wildman–Crippen MR) is 113 cm³/mol. The normalized spacial score (nSPS) is 13.3. The average Bonchev–Trinajstić information content (AvgIpc) is 3.18. The molecule has 0 unspecified atom stereocenters. The van der Waals surface area contributed by atoms with E-state index in [0.29, 0.717) is 16.9 Å². The standard InChI is InChI=1S/C21H21NO3S2/c1-14-7-8-17(15(2)11-14)19(23)12-25-20(24)18-6-4-3-5-16(18)13-27-21-22-9-10-26-21/h3-8,11H,9-10,12-13H2,1-2H3. The number of hydrogen-bond donors (Lipinski definition) is 0. The Hall–Kier alpha value is -2.05. The number of aryl methyl sites for hydroxylation is 2. The van der Waals surface area contributed by atoms with Crippen LogP contribution in [-0.2, 0) is 10.5 Å². The van der Waals surface area contributed by atoms with Gasteiger partial charge in [0.25, 0.3) is 0 Å². The first kappa shape index (κ1) is 19.7. The van der Waals surface area contributed by atoms with Gasteiger partial charge in [-0.05, 0) is 31.0 Å². The van der Waals surface area contributed by atoms with Gasteiger partial charge in [0.05, 0.1) is 12.1 Å². The van der Waals surface area contributed by atoms with Crippen molar-refractivity contribution in [2.24, 2.45) is 4.99 Å². The molecule has 0 aliphatic carbocycles. The van der Waals surface area contributed by atoms with Gasteiger partial charge in [0.2, 0.25) is 5.78 Å². The molecule has 0 amide bonds. The zero-order chi connectivity index (χ0) is 19.2. The van der Waals surface area contributed by atoms with E-state index in [1.165, 1.54) is 0 Å². The minimum absolute atomic E-state index is 0.190. The van der Waals surface area contributed by atoms with E-state index in [9.17, 15) is 9.59 Å². The highest BCUT2D eigenvalue weighted by atomic mass is 32.2. The highest BCUT2D eigenvalue weighted by Gasteiger charge is 2.17. The van der Waals surface area contributed by atoms with Crippen molar-refractivity contribution in [2.75, 3.05) is 18.9 Å². The van der Waals surface area contributed by atoms with Crippen LogP contribution in [0.15, 0.2) is 47.5 Å². The van der Waals surface area contributed by atoms with Gasteiger partial charge in [-0.3, -0.25) is 9.79 Å². The summed E-state index contributed by atoms with van der Waals surface area (Å²) in [6.45, 7) is 4.47. The van der Waals surface area contributed by atoms with Crippen molar-refractivity contribution in [3.63, 3.8) is 0 Å². The summed E-state index contributed by atoms with van der Waals surface area (Å²) in [5.41, 5.74) is 3.97. The van der Waals surface area contributed by atoms with E-state index in [-0.39, 0.29) is 12.4 Å². The summed E-state index contributed by atoms with van der Waals surface area (Å²) in [4.78, 5) is 29.3. The molecule has 140 valence electrons. The second-order valence-electron chi connectivity index (χ2n) is 6.26. The number of Topliss-reactive ketones (excluding diaryl/α,β-unsaturated/α-hetero) is 1. The molecule has 3 rings (SSSR count). The van der Waals surface area contributed by atoms with Crippen molar-refractivity contribution in [3.05, 3.63) is 70.3 Å². The number of esters is 1. The molecule has 0 fully saturated rings. The van der Waals surface area contributed by atoms with Crippen molar-refractivity contribution in [2.45, 2.75) is 19.6 Å². The van der Waals surface area contributed by atoms with E-state index < -0.39 is 5.97 Å². The molecular formula is C21H21NO3S2. The van der Waals surface area contributed by atoms with Crippen LogP contribution >= 0.6 is 23.5 Å². The number of carbonyl (C=O) groups excluding carboxylic acids is 2. The van der Waals surface area contributed by atoms with Gasteiger partial charge in [0.1, 0.15) is 4.38 Å². The molecule has 2 aromatic carbocycles. The molecular weight excluding hydrogens is 378 g/mol. The Morgan fingerprint density at radius 2 is 1.96 bits per heavy atom. The lowest BCUT2D eigenvalue weighted by molar-refractivity contribution is 0.0473. The quantitative estimate of drug-likeness (QED) is 0.521. The third kappa shape index (κ3) is 5.23. The molecule has 1 heterocycles. The number of aliphatic imine (C=N–C) groups is 1. The number of thioether (sulfide) groups is 2. The Kier molecular flexibility index (Phi) is 6.74. The monoisotopic (exact) mass is 399 g/mol. The number of ketones is 1. The van der Waals surface area contributed by atoms with Crippen LogP contribution in [-0.4, -0.2) is 35.0 Å². The number of ether oxygens (including phenoxy) is 1. The van der Waals surface area contributed by atoms with Crippen LogP contribution in [0.2, 0.25) is 0 Å². The fourth-order valence-electron chi connectivity index (χ4n) is 2.80. The second kappa shape index (κ2) is 9.24. The Balaban J connectivity index is 1.63. The minimum Gasteiger partial charge on any atom is -0.454 e. The molecule has 0 aromatic heterocycles. The topological polar surface area (TPSA) is 55.7 Å². The van der Waals surface area contributed by atoms with Gasteiger partial charge in [0, 0.05) is 17.1 Å². The van der Waals surface area contributed by atoms with Crippen molar-refractivity contribution in [3.8, 4) is 0 Å². The maximum Gasteiger partial charge on any atom is 0.338 e. The Morgan fingerprint density at radius 3 is 2.70 bits per heavy atom. The maximum absolute atomic E-state index is 12.5. The van der Waals surface area contributed by atoms with Crippen molar-refractivity contribution in [1.82, 2.24) is 0 Å². The average molecular weight is 400 g/mol. The summed E-state index contributed by atoms with van der Waals surface area (Å²) >= 11 is 3.37. The van der Waals surface area contributed by atoms with Crippen LogP contribution < -0.4 is 0 Å². The largest absolute Gasteiger partial charge is 0.454 e. The molecule has 1 aliphatic heterocycles. The molecule has 2 aromatic rings. The molecule has 27 heavy (non-hydrogen) atoms. The highest BCUT2D eigenvalue weighted by Crippen LogP contribution is 2.26. The molecule has 6 heteroatoms. The summed E-state index contributed by atoms with van der Waals surface area (Å²) in [6, 6.07) is 13.0. The zero-order valence-corrected chi connectivity index (χ0v) is 17.0. The first-order chi connectivity index (χ1) is 13.0. The lowest BCUT2D eigenvalue weighted by Gasteiger charge is -2.10. The smallest absolute Gasteiger partial charge is 0.338 e. The van der Waals surface area contributed by atoms with Gasteiger partial charge in [0.15, 0.2) is 6.61 Å². The van der Waals surface area contributed by atoms with E-state index in [4.69, 9.17) is 4.74 Å². The van der Waals surface area contributed by atoms with Crippen LogP contribution in [0, 0.1) is 13.8 Å². The van der Waals surface area contributed by atoms with Crippen LogP contribution in [0.25, 0.3) is 0 Å². The van der Waals surface area contributed by atoms with E-state index >= 15 is 0 Å². The van der Waals surface area contributed by atoms with Gasteiger partial charge in [-0.1, -0.05) is 65.5 Å². The number of hydrogen-bond acceptors (Lipinski definition) is 6. The van der Waals surface area contributed by atoms with Crippen LogP contribution in [0.4, 0.5) is 0 Å². The minimum atomic E-state index is -0.467. The first-order valence-corrected chi connectivity index (χ1v) is 10.7. The molecule has 0 atom stereocenters. The maximum atomic E-state index is 12.5. The molecule has 0 saturated heterocycles. The van der Waals surface area contributed by atoms with Crippen molar-refractivity contribution >= 4 is 39.7 Å². The lowest BCUT2D eigenvalue weighted by Crippen LogP contribution is -2.16. The molecule has 0 radical (unpaired) electrons. The zero-order valence-electron chi connectivity index (χ0n) is 15.4. The van der Waals surface area contributed by atoms with E-state index in [2.05, 4.69) is 4.99 Å². The highest BCUT2D eigenvalue weighted by molar-refractivity contribution is 8.38. The molecule has 0 N–H and O–H groups in total. The summed E-state index contributed by atoms with van der Waals surface area (Å²) in [5.74, 6) is 1.02.